The van der Waals surface area contributed by atoms with Crippen LogP contribution >= 0.6 is 11.8 Å². The molecule has 0 saturated heterocycles. The Morgan fingerprint density at radius 3 is 2.79 bits per heavy atom. The van der Waals surface area contributed by atoms with Gasteiger partial charge >= 0.3 is 5.97 Å². The summed E-state index contributed by atoms with van der Waals surface area (Å²) >= 11 is 1.27. The van der Waals surface area contributed by atoms with Crippen LogP contribution in [0.1, 0.15) is 6.92 Å². The Morgan fingerprint density at radius 1 is 1.33 bits per heavy atom. The highest BCUT2D eigenvalue weighted by atomic mass is 32.2. The van der Waals surface area contributed by atoms with Gasteiger partial charge in [0.25, 0.3) is 0 Å². The van der Waals surface area contributed by atoms with E-state index in [0.717, 1.165) is 5.56 Å². The van der Waals surface area contributed by atoms with Gasteiger partial charge in [-0.1, -0.05) is 11.8 Å². The van der Waals surface area contributed by atoms with Crippen LogP contribution in [-0.2, 0) is 27.9 Å². The van der Waals surface area contributed by atoms with Crippen LogP contribution in [-0.4, -0.2) is 63.7 Å². The Kier molecular flexibility index (Phi) is 6.62. The number of carbonyl (C=O) groups excluding carboxylic acids is 1. The maximum atomic E-state index is 11.6. The van der Waals surface area contributed by atoms with Gasteiger partial charge < -0.3 is 14.2 Å². The second-order valence-corrected chi connectivity index (χ2v) is 5.71. The topological polar surface area (TPSA) is 93.3 Å². The molecule has 24 heavy (non-hydrogen) atoms. The van der Waals surface area contributed by atoms with Gasteiger partial charge in [-0.05, 0) is 6.92 Å². The minimum Gasteiger partial charge on any atom is -0.479 e. The van der Waals surface area contributed by atoms with Gasteiger partial charge in [-0.3, -0.25) is 14.0 Å². The Labute approximate surface area is 144 Å². The van der Waals surface area contributed by atoms with Gasteiger partial charge in [-0.2, -0.15) is 0 Å². The summed E-state index contributed by atoms with van der Waals surface area (Å²) in [6.07, 6.45) is 1.81. The molecular weight excluding hydrogens is 334 g/mol. The number of esters is 1. The molecule has 0 fully saturated rings. The highest BCUT2D eigenvalue weighted by Gasteiger charge is 2.20. The molecule has 0 N–H and O–H groups in total. The number of carbonyl (C=O) groups is 1. The van der Waals surface area contributed by atoms with E-state index in [1.165, 1.54) is 11.8 Å². The monoisotopic (exact) mass is 355 g/mol. The largest absolute Gasteiger partial charge is 0.479 e. The minimum absolute atomic E-state index is 0.170. The highest BCUT2D eigenvalue weighted by molar-refractivity contribution is 7.99. The second-order valence-electron chi connectivity index (χ2n) is 4.77. The van der Waals surface area contributed by atoms with Crippen molar-refractivity contribution in [1.82, 2.24) is 24.5 Å². The van der Waals surface area contributed by atoms with E-state index in [2.05, 4.69) is 15.3 Å². The van der Waals surface area contributed by atoms with Crippen LogP contribution in [0.5, 0.6) is 5.88 Å². The van der Waals surface area contributed by atoms with E-state index in [1.807, 2.05) is 10.8 Å². The molecule has 2 rings (SSSR count). The summed E-state index contributed by atoms with van der Waals surface area (Å²) in [7, 11) is 4.98. The lowest BCUT2D eigenvalue weighted by atomic mass is 10.3. The molecule has 10 heteroatoms. The fourth-order valence-electron chi connectivity index (χ4n) is 2.08. The van der Waals surface area contributed by atoms with E-state index in [1.54, 1.807) is 32.9 Å². The summed E-state index contributed by atoms with van der Waals surface area (Å²) in [5, 5.41) is 13.3. The molecule has 9 nitrogen and oxygen atoms in total. The highest BCUT2D eigenvalue weighted by Crippen LogP contribution is 2.29. The van der Waals surface area contributed by atoms with Crippen molar-refractivity contribution in [3.8, 4) is 17.3 Å². The number of hydrogen-bond donors (Lipinski definition) is 0. The zero-order chi connectivity index (χ0) is 17.5. The molecule has 0 aliphatic rings. The van der Waals surface area contributed by atoms with Crippen LogP contribution in [0, 0.1) is 0 Å². The molecule has 0 saturated carbocycles. The number of aromatic nitrogens is 5. The summed E-state index contributed by atoms with van der Waals surface area (Å²) in [6.45, 7) is 3.16. The number of aryl methyl sites for hydroxylation is 1. The van der Waals surface area contributed by atoms with E-state index in [9.17, 15) is 4.79 Å². The summed E-state index contributed by atoms with van der Waals surface area (Å²) in [4.78, 5) is 11.6. The first kappa shape index (κ1) is 18.3. The SMILES string of the molecule is CCOC(=O)CSc1nnc(-c2cn(C)nc2OC)n1CCOC. The number of thioether (sulfide) groups is 1. The average molecular weight is 355 g/mol. The number of hydrogen-bond acceptors (Lipinski definition) is 8. The molecule has 0 radical (unpaired) electrons. The number of rotatable bonds is 9. The Balaban J connectivity index is 2.29. The van der Waals surface area contributed by atoms with Gasteiger partial charge in [-0.15, -0.1) is 15.3 Å². The zero-order valence-electron chi connectivity index (χ0n) is 14.2. The molecule has 2 aromatic rings. The summed E-state index contributed by atoms with van der Waals surface area (Å²) in [6, 6.07) is 0. The predicted molar refractivity (Wildman–Crippen MR) is 88.0 cm³/mol. The van der Waals surface area contributed by atoms with Crippen molar-refractivity contribution >= 4 is 17.7 Å². The van der Waals surface area contributed by atoms with Gasteiger partial charge in [0.15, 0.2) is 11.0 Å². The van der Waals surface area contributed by atoms with Crippen LogP contribution in [0.15, 0.2) is 11.4 Å². The van der Waals surface area contributed by atoms with Crippen molar-refractivity contribution in [1.29, 1.82) is 0 Å². The third-order valence-corrected chi connectivity index (χ3v) is 4.03. The van der Waals surface area contributed by atoms with Gasteiger partial charge in [0.05, 0.1) is 32.6 Å². The fourth-order valence-corrected chi connectivity index (χ4v) is 2.84. The standard InChI is InChI=1S/C14H21N5O4S/c1-5-23-11(20)9-24-14-16-15-12(19(14)6-7-21-3)10-8-18(2)17-13(10)22-4/h8H,5-7,9H2,1-4H3. The van der Waals surface area contributed by atoms with Crippen LogP contribution in [0.2, 0.25) is 0 Å². The minimum atomic E-state index is -0.288. The van der Waals surface area contributed by atoms with E-state index in [0.29, 0.717) is 36.6 Å². The maximum absolute atomic E-state index is 11.6. The van der Waals surface area contributed by atoms with Crippen molar-refractivity contribution in [3.63, 3.8) is 0 Å². The van der Waals surface area contributed by atoms with Crippen LogP contribution in [0.4, 0.5) is 0 Å². The molecule has 0 amide bonds. The molecule has 0 unspecified atom stereocenters. The third-order valence-electron chi connectivity index (χ3n) is 3.09. The maximum Gasteiger partial charge on any atom is 0.316 e. The van der Waals surface area contributed by atoms with Crippen molar-refractivity contribution < 1.29 is 19.0 Å². The zero-order valence-corrected chi connectivity index (χ0v) is 15.0. The van der Waals surface area contributed by atoms with E-state index in [-0.39, 0.29) is 11.7 Å². The quantitative estimate of drug-likeness (QED) is 0.486. The lowest BCUT2D eigenvalue weighted by Crippen LogP contribution is -2.10. The molecule has 132 valence electrons. The summed E-state index contributed by atoms with van der Waals surface area (Å²) < 4.78 is 18.9. The van der Waals surface area contributed by atoms with Crippen molar-refractivity contribution in [2.75, 3.05) is 33.2 Å². The Morgan fingerprint density at radius 2 is 2.12 bits per heavy atom. The number of nitrogens with zero attached hydrogens (tertiary/aromatic N) is 5. The van der Waals surface area contributed by atoms with Crippen LogP contribution < -0.4 is 4.74 Å². The number of ether oxygens (including phenoxy) is 3. The first-order valence-electron chi connectivity index (χ1n) is 7.39. The first-order valence-corrected chi connectivity index (χ1v) is 8.37. The summed E-state index contributed by atoms with van der Waals surface area (Å²) in [5.74, 6) is 0.960. The second kappa shape index (κ2) is 8.69. The average Bonchev–Trinajstić information content (AvgIpc) is 3.13. The number of methoxy groups -OCH3 is 2. The Hall–Kier alpha value is -2.07. The fraction of sp³-hybridized carbons (Fsp3) is 0.571. The smallest absolute Gasteiger partial charge is 0.316 e. The van der Waals surface area contributed by atoms with Crippen LogP contribution in [0.3, 0.4) is 0 Å². The molecule has 0 aliphatic heterocycles. The van der Waals surface area contributed by atoms with Gasteiger partial charge in [0.2, 0.25) is 5.88 Å². The Bertz CT molecular complexity index is 685. The molecule has 0 aromatic carbocycles. The van der Waals surface area contributed by atoms with Gasteiger partial charge in [-0.25, -0.2) is 0 Å². The molecule has 2 heterocycles. The molecule has 0 bridgehead atoms. The van der Waals surface area contributed by atoms with Crippen molar-refractivity contribution in [3.05, 3.63) is 6.20 Å². The van der Waals surface area contributed by atoms with Crippen molar-refractivity contribution in [2.45, 2.75) is 18.6 Å². The molecule has 2 aromatic heterocycles. The van der Waals surface area contributed by atoms with Crippen LogP contribution in [0.25, 0.3) is 11.4 Å². The van der Waals surface area contributed by atoms with E-state index < -0.39 is 0 Å². The van der Waals surface area contributed by atoms with E-state index >= 15 is 0 Å². The summed E-state index contributed by atoms with van der Waals surface area (Å²) in [5.41, 5.74) is 0.728. The predicted octanol–water partition coefficient (Wildman–Crippen LogP) is 0.989. The van der Waals surface area contributed by atoms with E-state index in [4.69, 9.17) is 14.2 Å². The third kappa shape index (κ3) is 4.26. The molecule has 0 atom stereocenters. The van der Waals surface area contributed by atoms with Gasteiger partial charge in [0.1, 0.15) is 5.56 Å². The molecular formula is C14H21N5O4S. The normalized spacial score (nSPS) is 10.8. The molecule has 0 spiro atoms. The lowest BCUT2D eigenvalue weighted by molar-refractivity contribution is -0.139. The first-order chi connectivity index (χ1) is 11.6. The van der Waals surface area contributed by atoms with Crippen molar-refractivity contribution in [2.24, 2.45) is 7.05 Å². The lowest BCUT2D eigenvalue weighted by Gasteiger charge is -2.09. The van der Waals surface area contributed by atoms with Gasteiger partial charge in [0, 0.05) is 20.4 Å². The molecule has 0 aliphatic carbocycles.